The van der Waals surface area contributed by atoms with Crippen LogP contribution in [-0.4, -0.2) is 14.6 Å². The molecule has 0 amide bonds. The molecule has 5 heteroatoms. The van der Waals surface area contributed by atoms with Crippen LogP contribution in [0.4, 0.5) is 5.82 Å². The Morgan fingerprint density at radius 1 is 1.29 bits per heavy atom. The molecule has 0 atom stereocenters. The minimum absolute atomic E-state index is 0.510. The smallest absolute Gasteiger partial charge is 0.214 e. The van der Waals surface area contributed by atoms with E-state index in [1.165, 1.54) is 16.7 Å². The molecule has 86 valence electrons. The first kappa shape index (κ1) is 10.3. The number of imidazole rings is 1. The van der Waals surface area contributed by atoms with Gasteiger partial charge >= 0.3 is 0 Å². The van der Waals surface area contributed by atoms with E-state index in [1.807, 2.05) is 0 Å². The number of hydrogen-bond acceptors (Lipinski definition) is 4. The van der Waals surface area contributed by atoms with Gasteiger partial charge in [0, 0.05) is 5.56 Å². The van der Waals surface area contributed by atoms with Gasteiger partial charge in [-0.2, -0.15) is 5.10 Å². The highest BCUT2D eigenvalue weighted by atomic mass is 32.1. The van der Waals surface area contributed by atoms with Gasteiger partial charge in [0.2, 0.25) is 4.96 Å². The molecule has 3 aromatic rings. The monoisotopic (exact) mass is 244 g/mol. The van der Waals surface area contributed by atoms with Gasteiger partial charge in [-0.25, -0.2) is 9.50 Å². The molecule has 0 aliphatic heterocycles. The van der Waals surface area contributed by atoms with Crippen LogP contribution in [0.5, 0.6) is 0 Å². The molecule has 1 aromatic carbocycles. The number of hydrogen-bond donors (Lipinski definition) is 1. The molecule has 0 saturated heterocycles. The van der Waals surface area contributed by atoms with Crippen LogP contribution in [0.25, 0.3) is 15.5 Å². The fraction of sp³-hybridized carbons (Fsp3) is 0.167. The van der Waals surface area contributed by atoms with E-state index < -0.39 is 0 Å². The molecule has 0 aliphatic rings. The molecule has 17 heavy (non-hydrogen) atoms. The van der Waals surface area contributed by atoms with Crippen LogP contribution in [-0.2, 0) is 0 Å². The summed E-state index contributed by atoms with van der Waals surface area (Å²) in [5.41, 5.74) is 9.24. The Kier molecular flexibility index (Phi) is 2.16. The summed E-state index contributed by atoms with van der Waals surface area (Å²) < 4.78 is 1.73. The Morgan fingerprint density at radius 3 is 2.88 bits per heavy atom. The standard InChI is InChI=1S/C12H12N4S/c1-7-3-4-8(2)9(5-7)11-15-16-6-10(13)14-12(16)17-11/h3-6H,13H2,1-2H3. The van der Waals surface area contributed by atoms with Crippen molar-refractivity contribution >= 4 is 22.1 Å². The minimum atomic E-state index is 0.510. The van der Waals surface area contributed by atoms with Crippen LogP contribution >= 0.6 is 11.3 Å². The normalized spacial score (nSPS) is 11.2. The third kappa shape index (κ3) is 1.68. The van der Waals surface area contributed by atoms with Gasteiger partial charge in [-0.1, -0.05) is 29.0 Å². The van der Waals surface area contributed by atoms with Gasteiger partial charge in [0.05, 0.1) is 6.20 Å². The molecule has 0 saturated carbocycles. The summed E-state index contributed by atoms with van der Waals surface area (Å²) in [5, 5.41) is 5.48. The quantitative estimate of drug-likeness (QED) is 0.716. The fourth-order valence-corrected chi connectivity index (χ4v) is 2.76. The van der Waals surface area contributed by atoms with Crippen LogP contribution in [0.15, 0.2) is 24.4 Å². The molecule has 2 N–H and O–H groups in total. The zero-order chi connectivity index (χ0) is 12.0. The van der Waals surface area contributed by atoms with Crippen molar-refractivity contribution in [2.24, 2.45) is 0 Å². The predicted molar refractivity (Wildman–Crippen MR) is 70.2 cm³/mol. The lowest BCUT2D eigenvalue weighted by molar-refractivity contribution is 0.978. The number of nitrogens with two attached hydrogens (primary N) is 1. The maximum absolute atomic E-state index is 5.61. The van der Waals surface area contributed by atoms with Crippen LogP contribution in [0, 0.1) is 13.8 Å². The van der Waals surface area contributed by atoms with Crippen molar-refractivity contribution in [2.75, 3.05) is 5.73 Å². The third-order valence-corrected chi connectivity index (χ3v) is 3.64. The van der Waals surface area contributed by atoms with E-state index in [0.29, 0.717) is 5.82 Å². The molecule has 0 fully saturated rings. The number of nitrogen functional groups attached to an aromatic ring is 1. The summed E-state index contributed by atoms with van der Waals surface area (Å²) in [6, 6.07) is 6.37. The van der Waals surface area contributed by atoms with E-state index in [1.54, 1.807) is 22.0 Å². The SMILES string of the molecule is Cc1ccc(C)c(-c2nn3cc(N)nc3s2)c1. The van der Waals surface area contributed by atoms with Gasteiger partial charge in [0.25, 0.3) is 0 Å². The van der Waals surface area contributed by atoms with Crippen molar-refractivity contribution in [2.45, 2.75) is 13.8 Å². The molecular formula is C12H12N4S. The van der Waals surface area contributed by atoms with E-state index in [-0.39, 0.29) is 0 Å². The van der Waals surface area contributed by atoms with E-state index in [0.717, 1.165) is 9.97 Å². The lowest BCUT2D eigenvalue weighted by Gasteiger charge is -2.02. The second kappa shape index (κ2) is 3.56. The lowest BCUT2D eigenvalue weighted by Crippen LogP contribution is -1.87. The molecule has 0 radical (unpaired) electrons. The lowest BCUT2D eigenvalue weighted by atomic mass is 10.1. The topological polar surface area (TPSA) is 56.2 Å². The summed E-state index contributed by atoms with van der Waals surface area (Å²) in [7, 11) is 0. The van der Waals surface area contributed by atoms with Gasteiger partial charge in [-0.3, -0.25) is 0 Å². The van der Waals surface area contributed by atoms with Gasteiger partial charge in [0.1, 0.15) is 10.8 Å². The maximum atomic E-state index is 5.61. The van der Waals surface area contributed by atoms with E-state index in [9.17, 15) is 0 Å². The van der Waals surface area contributed by atoms with Gasteiger partial charge in [-0.05, 0) is 25.5 Å². The maximum Gasteiger partial charge on any atom is 0.214 e. The second-order valence-corrected chi connectivity index (χ2v) is 5.07. The summed E-state index contributed by atoms with van der Waals surface area (Å²) in [5.74, 6) is 0.510. The Labute approximate surface area is 103 Å². The van der Waals surface area contributed by atoms with E-state index >= 15 is 0 Å². The molecule has 0 aliphatic carbocycles. The molecule has 2 aromatic heterocycles. The molecule has 2 heterocycles. The van der Waals surface area contributed by atoms with Gasteiger partial charge in [0.15, 0.2) is 0 Å². The average Bonchev–Trinajstić information content (AvgIpc) is 2.78. The van der Waals surface area contributed by atoms with Crippen molar-refractivity contribution in [1.29, 1.82) is 0 Å². The van der Waals surface area contributed by atoms with E-state index in [2.05, 4.69) is 42.1 Å². The summed E-state index contributed by atoms with van der Waals surface area (Å²) in [6.45, 7) is 4.17. The Bertz CT molecular complexity index is 664. The number of aryl methyl sites for hydroxylation is 2. The number of nitrogens with zero attached hydrogens (tertiary/aromatic N) is 3. The van der Waals surface area contributed by atoms with Gasteiger partial charge in [-0.15, -0.1) is 0 Å². The van der Waals surface area contributed by atoms with Crippen LogP contribution < -0.4 is 5.73 Å². The Hall–Kier alpha value is -1.88. The summed E-state index contributed by atoms with van der Waals surface area (Å²) in [6.07, 6.45) is 1.74. The zero-order valence-electron chi connectivity index (χ0n) is 9.64. The number of rotatable bonds is 1. The number of anilines is 1. The Balaban J connectivity index is 2.19. The van der Waals surface area contributed by atoms with Crippen molar-refractivity contribution in [1.82, 2.24) is 14.6 Å². The van der Waals surface area contributed by atoms with Crippen molar-refractivity contribution in [3.63, 3.8) is 0 Å². The molecular weight excluding hydrogens is 232 g/mol. The summed E-state index contributed by atoms with van der Waals surface area (Å²) >= 11 is 1.55. The largest absolute Gasteiger partial charge is 0.382 e. The average molecular weight is 244 g/mol. The highest BCUT2D eigenvalue weighted by molar-refractivity contribution is 7.19. The molecule has 3 rings (SSSR count). The first-order valence-corrected chi connectivity index (χ1v) is 6.14. The van der Waals surface area contributed by atoms with Crippen molar-refractivity contribution < 1.29 is 0 Å². The van der Waals surface area contributed by atoms with E-state index in [4.69, 9.17) is 5.73 Å². The number of benzene rings is 1. The third-order valence-electron chi connectivity index (χ3n) is 2.69. The van der Waals surface area contributed by atoms with Crippen molar-refractivity contribution in [3.8, 4) is 10.6 Å². The summed E-state index contributed by atoms with van der Waals surface area (Å²) in [4.78, 5) is 5.04. The Morgan fingerprint density at radius 2 is 2.12 bits per heavy atom. The fourth-order valence-electron chi connectivity index (χ4n) is 1.79. The van der Waals surface area contributed by atoms with Gasteiger partial charge < -0.3 is 5.73 Å². The van der Waals surface area contributed by atoms with Crippen molar-refractivity contribution in [3.05, 3.63) is 35.5 Å². The highest BCUT2D eigenvalue weighted by Gasteiger charge is 2.10. The van der Waals surface area contributed by atoms with Crippen LogP contribution in [0.1, 0.15) is 11.1 Å². The number of aromatic nitrogens is 3. The molecule has 0 unspecified atom stereocenters. The minimum Gasteiger partial charge on any atom is -0.382 e. The second-order valence-electron chi connectivity index (χ2n) is 4.12. The molecule has 4 nitrogen and oxygen atoms in total. The highest BCUT2D eigenvalue weighted by Crippen LogP contribution is 2.29. The first-order valence-electron chi connectivity index (χ1n) is 5.33. The number of fused-ring (bicyclic) bond motifs is 1. The van der Waals surface area contributed by atoms with Crippen LogP contribution in [0.3, 0.4) is 0 Å². The first-order chi connectivity index (χ1) is 8.13. The predicted octanol–water partition coefficient (Wildman–Crippen LogP) is 2.66. The molecule has 0 spiro atoms. The zero-order valence-corrected chi connectivity index (χ0v) is 10.5. The van der Waals surface area contributed by atoms with Crippen LogP contribution in [0.2, 0.25) is 0 Å². The molecule has 0 bridgehead atoms.